The van der Waals surface area contributed by atoms with E-state index in [4.69, 9.17) is 4.74 Å². The molecule has 21 heavy (non-hydrogen) atoms. The molecule has 0 spiro atoms. The monoisotopic (exact) mass is 300 g/mol. The number of nitrogens with zero attached hydrogens (tertiary/aromatic N) is 1. The first-order valence-corrected chi connectivity index (χ1v) is 7.46. The molecule has 1 fully saturated rings. The summed E-state index contributed by atoms with van der Waals surface area (Å²) < 4.78 is 5.22. The number of hydrogen-bond acceptors (Lipinski definition) is 4. The number of amides is 2. The van der Waals surface area contributed by atoms with E-state index in [0.29, 0.717) is 39.1 Å². The van der Waals surface area contributed by atoms with Gasteiger partial charge in [0.1, 0.15) is 0 Å². The van der Waals surface area contributed by atoms with E-state index in [2.05, 4.69) is 5.32 Å². The lowest BCUT2D eigenvalue weighted by molar-refractivity contribution is -0.137. The highest BCUT2D eigenvalue weighted by Gasteiger charge is 2.32. The van der Waals surface area contributed by atoms with Crippen molar-refractivity contribution in [3.05, 3.63) is 0 Å². The minimum Gasteiger partial charge on any atom is -0.388 e. The summed E-state index contributed by atoms with van der Waals surface area (Å²) in [5, 5.41) is 13.1. The molecule has 122 valence electrons. The van der Waals surface area contributed by atoms with Gasteiger partial charge in [0, 0.05) is 58.0 Å². The molecule has 0 unspecified atom stereocenters. The normalized spacial score (nSPS) is 18.1. The molecule has 1 aliphatic heterocycles. The molecule has 6 nitrogen and oxygen atoms in total. The first-order chi connectivity index (χ1) is 9.64. The van der Waals surface area contributed by atoms with E-state index in [1.165, 1.54) is 4.90 Å². The van der Waals surface area contributed by atoms with Crippen LogP contribution in [0.5, 0.6) is 0 Å². The molecule has 0 aromatic rings. The molecule has 0 atom stereocenters. The Kier molecular flexibility index (Phi) is 6.16. The molecule has 1 saturated heterocycles. The zero-order valence-corrected chi connectivity index (χ0v) is 13.6. The molecule has 0 radical (unpaired) electrons. The molecule has 6 heteroatoms. The van der Waals surface area contributed by atoms with Gasteiger partial charge in [-0.15, -0.1) is 0 Å². The summed E-state index contributed by atoms with van der Waals surface area (Å²) in [7, 11) is 1.68. The van der Waals surface area contributed by atoms with Crippen LogP contribution in [0.15, 0.2) is 0 Å². The Balaban J connectivity index is 2.33. The van der Waals surface area contributed by atoms with Crippen LogP contribution in [0.1, 0.15) is 40.0 Å². The highest BCUT2D eigenvalue weighted by molar-refractivity contribution is 5.82. The third-order valence-corrected chi connectivity index (χ3v) is 3.69. The minimum atomic E-state index is -0.850. The topological polar surface area (TPSA) is 78.9 Å². The molecule has 1 rings (SSSR count). The highest BCUT2D eigenvalue weighted by atomic mass is 16.5. The molecule has 2 amide bonds. The Morgan fingerprint density at radius 2 is 1.86 bits per heavy atom. The van der Waals surface area contributed by atoms with Crippen LogP contribution in [0.3, 0.4) is 0 Å². The standard InChI is InChI=1S/C15H28N2O4/c1-14(2,3)13(19)16-8-5-12(18)17(4)11-15(20)6-9-21-10-7-15/h20H,5-11H2,1-4H3,(H,16,19). The Bertz CT molecular complexity index is 370. The SMILES string of the molecule is CN(CC1(O)CCOCC1)C(=O)CCNC(=O)C(C)(C)C. The molecule has 0 saturated carbocycles. The summed E-state index contributed by atoms with van der Waals surface area (Å²) in [6, 6.07) is 0. The molecule has 1 aliphatic rings. The van der Waals surface area contributed by atoms with E-state index in [0.717, 1.165) is 0 Å². The number of rotatable bonds is 5. The van der Waals surface area contributed by atoms with Crippen LogP contribution in [0.2, 0.25) is 0 Å². The van der Waals surface area contributed by atoms with Crippen LogP contribution in [0.4, 0.5) is 0 Å². The number of carbonyl (C=O) groups is 2. The van der Waals surface area contributed by atoms with Gasteiger partial charge in [-0.25, -0.2) is 0 Å². The second-order valence-corrected chi connectivity index (χ2v) is 6.84. The summed E-state index contributed by atoms with van der Waals surface area (Å²) in [5.41, 5.74) is -1.30. The Morgan fingerprint density at radius 3 is 2.38 bits per heavy atom. The third-order valence-electron chi connectivity index (χ3n) is 3.69. The van der Waals surface area contributed by atoms with E-state index in [9.17, 15) is 14.7 Å². The fourth-order valence-electron chi connectivity index (χ4n) is 2.18. The van der Waals surface area contributed by atoms with Gasteiger partial charge in [0.2, 0.25) is 11.8 Å². The molecular formula is C15H28N2O4. The van der Waals surface area contributed by atoms with Crippen LogP contribution in [0, 0.1) is 5.41 Å². The Hall–Kier alpha value is -1.14. The number of aliphatic hydroxyl groups is 1. The van der Waals surface area contributed by atoms with Crippen molar-refractivity contribution in [3.63, 3.8) is 0 Å². The van der Waals surface area contributed by atoms with Crippen molar-refractivity contribution in [3.8, 4) is 0 Å². The zero-order chi connectivity index (χ0) is 16.1. The van der Waals surface area contributed by atoms with E-state index >= 15 is 0 Å². The zero-order valence-electron chi connectivity index (χ0n) is 13.6. The molecule has 0 aromatic carbocycles. The van der Waals surface area contributed by atoms with E-state index in [1.54, 1.807) is 7.05 Å². The average Bonchev–Trinajstić information content (AvgIpc) is 2.37. The largest absolute Gasteiger partial charge is 0.388 e. The van der Waals surface area contributed by atoms with Crippen LogP contribution >= 0.6 is 0 Å². The number of carbonyl (C=O) groups excluding carboxylic acids is 2. The van der Waals surface area contributed by atoms with Gasteiger partial charge in [-0.1, -0.05) is 20.8 Å². The number of hydrogen-bond donors (Lipinski definition) is 2. The summed E-state index contributed by atoms with van der Waals surface area (Å²) in [4.78, 5) is 25.3. The predicted molar refractivity (Wildman–Crippen MR) is 79.7 cm³/mol. The van der Waals surface area contributed by atoms with Crippen LogP contribution in [0.25, 0.3) is 0 Å². The van der Waals surface area contributed by atoms with Gasteiger partial charge in [-0.3, -0.25) is 9.59 Å². The van der Waals surface area contributed by atoms with Crippen molar-refractivity contribution in [1.29, 1.82) is 0 Å². The van der Waals surface area contributed by atoms with Crippen molar-refractivity contribution in [2.75, 3.05) is 33.4 Å². The fraction of sp³-hybridized carbons (Fsp3) is 0.867. The van der Waals surface area contributed by atoms with Gasteiger partial charge in [0.25, 0.3) is 0 Å². The molecular weight excluding hydrogens is 272 g/mol. The Morgan fingerprint density at radius 1 is 1.29 bits per heavy atom. The van der Waals surface area contributed by atoms with E-state index in [1.807, 2.05) is 20.8 Å². The summed E-state index contributed by atoms with van der Waals surface area (Å²) >= 11 is 0. The third kappa shape index (κ3) is 6.01. The van der Waals surface area contributed by atoms with Gasteiger partial charge in [0.15, 0.2) is 0 Å². The first kappa shape index (κ1) is 17.9. The highest BCUT2D eigenvalue weighted by Crippen LogP contribution is 2.21. The number of likely N-dealkylation sites (N-methyl/N-ethyl adjacent to an activating group) is 1. The molecule has 0 aliphatic carbocycles. The van der Waals surface area contributed by atoms with Crippen molar-refractivity contribution in [2.45, 2.75) is 45.6 Å². The smallest absolute Gasteiger partial charge is 0.225 e. The second kappa shape index (κ2) is 7.22. The van der Waals surface area contributed by atoms with Crippen molar-refractivity contribution in [2.24, 2.45) is 5.41 Å². The maximum atomic E-state index is 12.0. The lowest BCUT2D eigenvalue weighted by Crippen LogP contribution is -2.47. The lowest BCUT2D eigenvalue weighted by atomic mass is 9.94. The minimum absolute atomic E-state index is 0.0685. The van der Waals surface area contributed by atoms with Gasteiger partial charge < -0.3 is 20.1 Å². The molecule has 0 aromatic heterocycles. The number of nitrogens with one attached hydrogen (secondary N) is 1. The summed E-state index contributed by atoms with van der Waals surface area (Å²) in [6.45, 7) is 7.18. The fourth-order valence-corrected chi connectivity index (χ4v) is 2.18. The van der Waals surface area contributed by atoms with Crippen LogP contribution in [-0.2, 0) is 14.3 Å². The maximum Gasteiger partial charge on any atom is 0.225 e. The second-order valence-electron chi connectivity index (χ2n) is 6.84. The van der Waals surface area contributed by atoms with Gasteiger partial charge >= 0.3 is 0 Å². The van der Waals surface area contributed by atoms with Crippen molar-refractivity contribution < 1.29 is 19.4 Å². The first-order valence-electron chi connectivity index (χ1n) is 7.46. The summed E-state index contributed by atoms with van der Waals surface area (Å²) in [6.07, 6.45) is 1.33. The number of ether oxygens (including phenoxy) is 1. The van der Waals surface area contributed by atoms with Gasteiger partial charge in [-0.05, 0) is 0 Å². The van der Waals surface area contributed by atoms with Crippen LogP contribution in [-0.4, -0.2) is 60.8 Å². The maximum absolute atomic E-state index is 12.0. The Labute approximate surface area is 126 Å². The predicted octanol–water partition coefficient (Wildman–Crippen LogP) is 0.539. The lowest BCUT2D eigenvalue weighted by Gasteiger charge is -2.35. The van der Waals surface area contributed by atoms with Crippen molar-refractivity contribution >= 4 is 11.8 Å². The van der Waals surface area contributed by atoms with Gasteiger partial charge in [-0.2, -0.15) is 0 Å². The molecule has 1 heterocycles. The van der Waals surface area contributed by atoms with Crippen LogP contribution < -0.4 is 5.32 Å². The average molecular weight is 300 g/mol. The molecule has 2 N–H and O–H groups in total. The van der Waals surface area contributed by atoms with Crippen molar-refractivity contribution in [1.82, 2.24) is 10.2 Å². The molecule has 0 bridgehead atoms. The van der Waals surface area contributed by atoms with E-state index in [-0.39, 0.29) is 18.2 Å². The van der Waals surface area contributed by atoms with E-state index < -0.39 is 11.0 Å². The van der Waals surface area contributed by atoms with Gasteiger partial charge in [0.05, 0.1) is 5.60 Å². The summed E-state index contributed by atoms with van der Waals surface area (Å²) in [5.74, 6) is -0.148. The quantitative estimate of drug-likeness (QED) is 0.777.